The van der Waals surface area contributed by atoms with Crippen LogP contribution in [0.2, 0.25) is 0 Å². The van der Waals surface area contributed by atoms with Crippen LogP contribution in [0.15, 0.2) is 6.20 Å². The lowest BCUT2D eigenvalue weighted by molar-refractivity contribution is 0.744. The summed E-state index contributed by atoms with van der Waals surface area (Å²) in [6.07, 6.45) is 8.37. The van der Waals surface area contributed by atoms with E-state index in [0.29, 0.717) is 0 Å². The molecule has 0 amide bonds. The van der Waals surface area contributed by atoms with Gasteiger partial charge in [0.15, 0.2) is 0 Å². The second-order valence-corrected chi connectivity index (χ2v) is 2.54. The third-order valence-corrected chi connectivity index (χ3v) is 1.55. The van der Waals surface area contributed by atoms with E-state index < -0.39 is 0 Å². The minimum Gasteiger partial charge on any atom is -0.382 e. The first-order valence-corrected chi connectivity index (χ1v) is 4.09. The van der Waals surface area contributed by atoms with Crippen molar-refractivity contribution in [3.63, 3.8) is 0 Å². The molecule has 0 spiro atoms. The average Bonchev–Trinajstić information content (AvgIpc) is 2.50. The SMILES string of the molecule is CCCCCNc1[c]n[nH]c1. The lowest BCUT2D eigenvalue weighted by atomic mass is 10.2. The number of nitrogens with one attached hydrogen (secondary N) is 2. The third kappa shape index (κ3) is 3.07. The third-order valence-electron chi connectivity index (χ3n) is 1.55. The molecular weight excluding hydrogens is 138 g/mol. The summed E-state index contributed by atoms with van der Waals surface area (Å²) in [7, 11) is 0. The molecule has 3 nitrogen and oxygen atoms in total. The minimum absolute atomic E-state index is 0.959. The van der Waals surface area contributed by atoms with Crippen molar-refractivity contribution in [1.82, 2.24) is 10.2 Å². The summed E-state index contributed by atoms with van der Waals surface area (Å²) in [6, 6.07) is 0. The first-order chi connectivity index (χ1) is 5.43. The van der Waals surface area contributed by atoms with Crippen molar-refractivity contribution < 1.29 is 0 Å². The number of aromatic amines is 1. The van der Waals surface area contributed by atoms with Gasteiger partial charge in [0.1, 0.15) is 6.20 Å². The number of hydrogen-bond donors (Lipinski definition) is 2. The van der Waals surface area contributed by atoms with Crippen LogP contribution < -0.4 is 5.32 Å². The van der Waals surface area contributed by atoms with Gasteiger partial charge in [-0.3, -0.25) is 5.10 Å². The smallest absolute Gasteiger partial charge is 0.138 e. The number of anilines is 1. The zero-order chi connectivity index (χ0) is 7.94. The molecule has 0 saturated heterocycles. The quantitative estimate of drug-likeness (QED) is 0.632. The molecule has 0 aliphatic heterocycles. The largest absolute Gasteiger partial charge is 0.382 e. The number of unbranched alkanes of at least 4 members (excludes halogenated alkanes) is 2. The number of H-pyrrole nitrogens is 1. The van der Waals surface area contributed by atoms with E-state index in [4.69, 9.17) is 0 Å². The zero-order valence-electron chi connectivity index (χ0n) is 6.85. The molecule has 11 heavy (non-hydrogen) atoms. The first kappa shape index (κ1) is 8.11. The minimum atomic E-state index is 0.959. The maximum atomic E-state index is 3.71. The predicted octanol–water partition coefficient (Wildman–Crippen LogP) is 1.81. The molecule has 0 bridgehead atoms. The summed E-state index contributed by atoms with van der Waals surface area (Å²) < 4.78 is 0. The van der Waals surface area contributed by atoms with Crippen LogP contribution in [0.4, 0.5) is 5.69 Å². The van der Waals surface area contributed by atoms with Crippen molar-refractivity contribution in [2.45, 2.75) is 26.2 Å². The van der Waals surface area contributed by atoms with E-state index >= 15 is 0 Å². The Hall–Kier alpha value is -0.990. The highest BCUT2D eigenvalue weighted by Crippen LogP contribution is 2.01. The highest BCUT2D eigenvalue weighted by molar-refractivity contribution is 5.35. The second-order valence-electron chi connectivity index (χ2n) is 2.54. The predicted molar refractivity (Wildman–Crippen MR) is 45.4 cm³/mol. The molecule has 0 saturated carbocycles. The van der Waals surface area contributed by atoms with E-state index in [1.165, 1.54) is 19.3 Å². The summed E-state index contributed by atoms with van der Waals surface area (Å²) in [5, 5.41) is 9.62. The van der Waals surface area contributed by atoms with Crippen molar-refractivity contribution in [1.29, 1.82) is 0 Å². The zero-order valence-corrected chi connectivity index (χ0v) is 6.85. The van der Waals surface area contributed by atoms with Gasteiger partial charge in [0.25, 0.3) is 0 Å². The van der Waals surface area contributed by atoms with Gasteiger partial charge in [-0.2, -0.15) is 5.10 Å². The molecule has 1 aromatic heterocycles. The Labute approximate surface area is 67.2 Å². The first-order valence-electron chi connectivity index (χ1n) is 4.09. The van der Waals surface area contributed by atoms with Crippen molar-refractivity contribution >= 4 is 5.69 Å². The van der Waals surface area contributed by atoms with E-state index in [2.05, 4.69) is 28.6 Å². The van der Waals surface area contributed by atoms with Crippen LogP contribution in [0.3, 0.4) is 0 Å². The van der Waals surface area contributed by atoms with E-state index in [1.807, 2.05) is 6.20 Å². The highest BCUT2D eigenvalue weighted by atomic mass is 15.1. The van der Waals surface area contributed by atoms with Crippen LogP contribution in [0.25, 0.3) is 0 Å². The van der Waals surface area contributed by atoms with Gasteiger partial charge < -0.3 is 5.32 Å². The van der Waals surface area contributed by atoms with Crippen LogP contribution in [-0.4, -0.2) is 16.7 Å². The maximum absolute atomic E-state index is 3.71. The molecular formula is C8H14N3. The Bertz CT molecular complexity index is 169. The molecule has 1 heterocycles. The molecule has 0 unspecified atom stereocenters. The average molecular weight is 152 g/mol. The lowest BCUT2D eigenvalue weighted by Crippen LogP contribution is -1.99. The van der Waals surface area contributed by atoms with E-state index in [1.54, 1.807) is 0 Å². The van der Waals surface area contributed by atoms with Crippen LogP contribution in [0, 0.1) is 6.20 Å². The fraction of sp³-hybridized carbons (Fsp3) is 0.625. The van der Waals surface area contributed by atoms with Crippen molar-refractivity contribution in [2.75, 3.05) is 11.9 Å². The van der Waals surface area contributed by atoms with Gasteiger partial charge >= 0.3 is 0 Å². The molecule has 1 aromatic rings. The Kier molecular flexibility index (Phi) is 3.52. The summed E-state index contributed by atoms with van der Waals surface area (Å²) >= 11 is 0. The Morgan fingerprint density at radius 1 is 1.64 bits per heavy atom. The van der Waals surface area contributed by atoms with Crippen LogP contribution in [0.1, 0.15) is 26.2 Å². The fourth-order valence-corrected chi connectivity index (χ4v) is 0.910. The maximum Gasteiger partial charge on any atom is 0.138 e. The van der Waals surface area contributed by atoms with E-state index in [9.17, 15) is 0 Å². The van der Waals surface area contributed by atoms with Gasteiger partial charge in [-0.15, -0.1) is 0 Å². The van der Waals surface area contributed by atoms with Crippen LogP contribution >= 0.6 is 0 Å². The van der Waals surface area contributed by atoms with Gasteiger partial charge in [-0.25, -0.2) is 0 Å². The summed E-state index contributed by atoms with van der Waals surface area (Å²) in [4.78, 5) is 0. The molecule has 2 N–H and O–H groups in total. The van der Waals surface area contributed by atoms with Gasteiger partial charge in [-0.1, -0.05) is 19.8 Å². The summed E-state index contributed by atoms with van der Waals surface area (Å²) in [6.45, 7) is 3.22. The highest BCUT2D eigenvalue weighted by Gasteiger charge is 1.90. The number of aromatic nitrogens is 2. The van der Waals surface area contributed by atoms with Crippen LogP contribution in [-0.2, 0) is 0 Å². The molecule has 0 fully saturated rings. The second kappa shape index (κ2) is 4.77. The molecule has 1 radical (unpaired) electrons. The van der Waals surface area contributed by atoms with Crippen molar-refractivity contribution in [2.24, 2.45) is 0 Å². The summed E-state index contributed by atoms with van der Waals surface area (Å²) in [5.74, 6) is 0. The van der Waals surface area contributed by atoms with Crippen molar-refractivity contribution in [3.05, 3.63) is 12.4 Å². The summed E-state index contributed by atoms with van der Waals surface area (Å²) in [5.41, 5.74) is 0.959. The lowest BCUT2D eigenvalue weighted by Gasteiger charge is -2.00. The Morgan fingerprint density at radius 2 is 2.55 bits per heavy atom. The number of hydrogen-bond acceptors (Lipinski definition) is 2. The van der Waals surface area contributed by atoms with E-state index in [0.717, 1.165) is 12.2 Å². The molecule has 3 heteroatoms. The van der Waals surface area contributed by atoms with Gasteiger partial charge in [0.05, 0.1) is 5.69 Å². The monoisotopic (exact) mass is 152 g/mol. The van der Waals surface area contributed by atoms with Gasteiger partial charge in [0.2, 0.25) is 0 Å². The molecule has 0 atom stereocenters. The standard InChI is InChI=1S/C8H14N3/c1-2-3-4-5-9-8-6-10-11-7-8/h6,9H,2-5H2,1H3,(H,10,11). The molecule has 0 aliphatic rings. The Morgan fingerprint density at radius 3 is 3.18 bits per heavy atom. The molecule has 0 aromatic carbocycles. The molecule has 61 valence electrons. The van der Waals surface area contributed by atoms with Gasteiger partial charge in [-0.05, 0) is 6.42 Å². The normalized spacial score (nSPS) is 9.91. The topological polar surface area (TPSA) is 40.7 Å². The van der Waals surface area contributed by atoms with Crippen LogP contribution in [0.5, 0.6) is 0 Å². The van der Waals surface area contributed by atoms with Crippen molar-refractivity contribution in [3.8, 4) is 0 Å². The fourth-order valence-electron chi connectivity index (χ4n) is 0.910. The molecule has 1 rings (SSSR count). The molecule has 0 aliphatic carbocycles. The number of rotatable bonds is 5. The number of nitrogens with zero attached hydrogens (tertiary/aromatic N) is 1. The van der Waals surface area contributed by atoms with Gasteiger partial charge in [0, 0.05) is 12.7 Å². The Balaban J connectivity index is 2.04. The van der Waals surface area contributed by atoms with E-state index in [-0.39, 0.29) is 0 Å².